The van der Waals surface area contributed by atoms with Crippen LogP contribution in [0.3, 0.4) is 0 Å². The van der Waals surface area contributed by atoms with Crippen LogP contribution in [0.1, 0.15) is 31.5 Å². The van der Waals surface area contributed by atoms with Crippen molar-refractivity contribution in [3.8, 4) is 0 Å². The topological polar surface area (TPSA) is 90.0 Å². The van der Waals surface area contributed by atoms with Crippen molar-refractivity contribution in [3.63, 3.8) is 0 Å². The molecule has 0 saturated heterocycles. The number of carbonyl (C=O) groups excluding carboxylic acids is 1. The number of aromatic nitrogens is 3. The first-order valence-corrected chi connectivity index (χ1v) is 9.33. The predicted molar refractivity (Wildman–Crippen MR) is 99.5 cm³/mol. The first-order chi connectivity index (χ1) is 12.5. The summed E-state index contributed by atoms with van der Waals surface area (Å²) in [5.41, 5.74) is 1.30. The summed E-state index contributed by atoms with van der Waals surface area (Å²) < 4.78 is 6.75. The van der Waals surface area contributed by atoms with Crippen molar-refractivity contribution in [2.45, 2.75) is 43.1 Å². The minimum Gasteiger partial charge on any atom is -0.338 e. The van der Waals surface area contributed by atoms with E-state index in [0.717, 1.165) is 12.8 Å². The van der Waals surface area contributed by atoms with Gasteiger partial charge in [0.05, 0.1) is 21.8 Å². The molecular formula is C18H18N4O3S. The largest absolute Gasteiger partial charge is 0.338 e. The van der Waals surface area contributed by atoms with E-state index in [-0.39, 0.29) is 17.5 Å². The molecule has 1 saturated carbocycles. The number of nitrogens with one attached hydrogen (secondary N) is 1. The Hall–Kier alpha value is -2.61. The first kappa shape index (κ1) is 16.8. The number of para-hydroxylation sites is 1. The number of hydrogen-bond acceptors (Lipinski definition) is 6. The molecule has 1 aliphatic rings. The lowest BCUT2D eigenvalue weighted by Crippen LogP contribution is -2.26. The summed E-state index contributed by atoms with van der Waals surface area (Å²) in [4.78, 5) is 29.9. The highest BCUT2D eigenvalue weighted by molar-refractivity contribution is 8.00. The summed E-state index contributed by atoms with van der Waals surface area (Å²) in [5, 5.41) is 7.18. The smallest absolute Gasteiger partial charge is 0.262 e. The fourth-order valence-electron chi connectivity index (χ4n) is 2.72. The highest BCUT2D eigenvalue weighted by Crippen LogP contribution is 2.37. The molecule has 8 heteroatoms. The Kier molecular flexibility index (Phi) is 4.28. The molecule has 26 heavy (non-hydrogen) atoms. The normalized spacial score (nSPS) is 15.2. The number of amides is 1. The average molecular weight is 370 g/mol. The summed E-state index contributed by atoms with van der Waals surface area (Å²) in [5.74, 6) is 0.0851. The van der Waals surface area contributed by atoms with E-state index in [4.69, 9.17) is 4.52 Å². The third kappa shape index (κ3) is 3.24. The van der Waals surface area contributed by atoms with Gasteiger partial charge in [0.25, 0.3) is 5.56 Å². The number of nitrogens with zero attached hydrogens (tertiary/aromatic N) is 3. The maximum Gasteiger partial charge on any atom is 0.262 e. The van der Waals surface area contributed by atoms with Gasteiger partial charge in [-0.05, 0) is 38.8 Å². The van der Waals surface area contributed by atoms with Gasteiger partial charge in [-0.25, -0.2) is 4.98 Å². The van der Waals surface area contributed by atoms with Crippen LogP contribution in [0.25, 0.3) is 10.9 Å². The molecule has 0 aliphatic heterocycles. The molecule has 1 N–H and O–H groups in total. The molecule has 134 valence electrons. The molecule has 1 fully saturated rings. The number of thioether (sulfide) groups is 1. The predicted octanol–water partition coefficient (Wildman–Crippen LogP) is 3.15. The number of fused-ring (bicyclic) bond motifs is 1. The third-order valence-electron chi connectivity index (χ3n) is 4.21. The van der Waals surface area contributed by atoms with E-state index in [2.05, 4.69) is 15.5 Å². The van der Waals surface area contributed by atoms with Gasteiger partial charge in [-0.1, -0.05) is 29.1 Å². The fraction of sp³-hybridized carbons (Fsp3) is 0.333. The Morgan fingerprint density at radius 3 is 2.85 bits per heavy atom. The van der Waals surface area contributed by atoms with Crippen molar-refractivity contribution in [2.24, 2.45) is 0 Å². The quantitative estimate of drug-likeness (QED) is 0.548. The Bertz CT molecular complexity index is 1040. The number of benzene rings is 1. The lowest BCUT2D eigenvalue weighted by Gasteiger charge is -2.15. The molecule has 4 rings (SSSR count). The molecule has 7 nitrogen and oxygen atoms in total. The lowest BCUT2D eigenvalue weighted by atomic mass is 10.2. The Morgan fingerprint density at radius 1 is 1.38 bits per heavy atom. The molecule has 1 amide bonds. The highest BCUT2D eigenvalue weighted by Gasteiger charge is 2.30. The van der Waals surface area contributed by atoms with Gasteiger partial charge < -0.3 is 4.52 Å². The summed E-state index contributed by atoms with van der Waals surface area (Å²) in [7, 11) is 0. The van der Waals surface area contributed by atoms with Crippen LogP contribution in [0.5, 0.6) is 0 Å². The second-order valence-electron chi connectivity index (χ2n) is 6.40. The third-order valence-corrected chi connectivity index (χ3v) is 5.28. The van der Waals surface area contributed by atoms with Crippen molar-refractivity contribution in [3.05, 3.63) is 46.4 Å². The maximum atomic E-state index is 12.9. The molecule has 3 aromatic rings. The van der Waals surface area contributed by atoms with E-state index >= 15 is 0 Å². The molecule has 0 unspecified atom stereocenters. The van der Waals surface area contributed by atoms with Gasteiger partial charge in [0.15, 0.2) is 5.16 Å². The number of rotatable bonds is 5. The molecule has 0 spiro atoms. The number of anilines is 1. The van der Waals surface area contributed by atoms with Gasteiger partial charge in [-0.2, -0.15) is 0 Å². The number of hydrogen-bond donors (Lipinski definition) is 1. The van der Waals surface area contributed by atoms with Gasteiger partial charge >= 0.3 is 0 Å². The second kappa shape index (κ2) is 6.60. The summed E-state index contributed by atoms with van der Waals surface area (Å²) >= 11 is 1.28. The van der Waals surface area contributed by atoms with E-state index in [9.17, 15) is 9.59 Å². The molecule has 1 atom stereocenters. The van der Waals surface area contributed by atoms with Crippen molar-refractivity contribution < 1.29 is 9.32 Å². The zero-order chi connectivity index (χ0) is 18.3. The van der Waals surface area contributed by atoms with Gasteiger partial charge in [-0.15, -0.1) is 0 Å². The Morgan fingerprint density at radius 2 is 2.15 bits per heavy atom. The molecule has 0 radical (unpaired) electrons. The second-order valence-corrected chi connectivity index (χ2v) is 7.71. The number of aryl methyl sites for hydroxylation is 1. The molecule has 0 bridgehead atoms. The minimum absolute atomic E-state index is 0.0425. The SMILES string of the molecule is Cc1cc(NC(=O)[C@@H](C)Sc2nc3ccccc3c(=O)n2C2CC2)on1. The van der Waals surface area contributed by atoms with Crippen LogP contribution in [0.4, 0.5) is 5.88 Å². The Labute approximate surface area is 153 Å². The van der Waals surface area contributed by atoms with Crippen molar-refractivity contribution in [2.75, 3.05) is 5.32 Å². The van der Waals surface area contributed by atoms with Crippen LogP contribution in [0.15, 0.2) is 44.8 Å². The van der Waals surface area contributed by atoms with E-state index in [0.29, 0.717) is 27.6 Å². The van der Waals surface area contributed by atoms with Crippen LogP contribution in [0.2, 0.25) is 0 Å². The van der Waals surface area contributed by atoms with E-state index in [1.165, 1.54) is 11.8 Å². The van der Waals surface area contributed by atoms with Crippen LogP contribution in [-0.4, -0.2) is 25.9 Å². The van der Waals surface area contributed by atoms with E-state index in [1.807, 2.05) is 18.2 Å². The molecule has 2 aromatic heterocycles. The lowest BCUT2D eigenvalue weighted by molar-refractivity contribution is -0.115. The monoisotopic (exact) mass is 370 g/mol. The summed E-state index contributed by atoms with van der Waals surface area (Å²) in [6.45, 7) is 3.56. The van der Waals surface area contributed by atoms with Gasteiger partial charge in [0.2, 0.25) is 11.8 Å². The summed E-state index contributed by atoms with van der Waals surface area (Å²) in [6, 6.07) is 9.14. The van der Waals surface area contributed by atoms with Crippen LogP contribution in [0, 0.1) is 6.92 Å². The zero-order valence-electron chi connectivity index (χ0n) is 14.4. The molecular weight excluding hydrogens is 352 g/mol. The highest BCUT2D eigenvalue weighted by atomic mass is 32.2. The molecule has 1 aromatic carbocycles. The standard InChI is InChI=1S/C18H18N4O3S/c1-10-9-15(25-21-10)20-16(23)11(2)26-18-19-14-6-4-3-5-13(14)17(24)22(18)12-7-8-12/h3-6,9,11-12H,7-8H2,1-2H3,(H,20,23)/t11-/m1/s1. The molecule has 1 aliphatic carbocycles. The van der Waals surface area contributed by atoms with Gasteiger partial charge in [0, 0.05) is 12.1 Å². The maximum absolute atomic E-state index is 12.9. The minimum atomic E-state index is -0.446. The molecule has 2 heterocycles. The fourth-order valence-corrected chi connectivity index (χ4v) is 3.70. The van der Waals surface area contributed by atoms with Crippen LogP contribution >= 0.6 is 11.8 Å². The van der Waals surface area contributed by atoms with Crippen molar-refractivity contribution in [1.29, 1.82) is 0 Å². The van der Waals surface area contributed by atoms with Crippen molar-refractivity contribution in [1.82, 2.24) is 14.7 Å². The first-order valence-electron chi connectivity index (χ1n) is 8.45. The average Bonchev–Trinajstić information content (AvgIpc) is 3.37. The van der Waals surface area contributed by atoms with Crippen LogP contribution in [-0.2, 0) is 4.79 Å². The van der Waals surface area contributed by atoms with Gasteiger partial charge in [-0.3, -0.25) is 19.5 Å². The van der Waals surface area contributed by atoms with E-state index in [1.54, 1.807) is 30.5 Å². The zero-order valence-corrected chi connectivity index (χ0v) is 15.2. The van der Waals surface area contributed by atoms with E-state index < -0.39 is 5.25 Å². The number of carbonyl (C=O) groups is 1. The van der Waals surface area contributed by atoms with Gasteiger partial charge in [0.1, 0.15) is 0 Å². The Balaban J connectivity index is 1.62. The van der Waals surface area contributed by atoms with Crippen LogP contribution < -0.4 is 10.9 Å². The van der Waals surface area contributed by atoms with Crippen molar-refractivity contribution >= 4 is 34.5 Å². The summed E-state index contributed by atoms with van der Waals surface area (Å²) in [6.07, 6.45) is 1.93.